The summed E-state index contributed by atoms with van der Waals surface area (Å²) in [5.74, 6) is 0.319. The van der Waals surface area contributed by atoms with Gasteiger partial charge < -0.3 is 5.73 Å². The highest BCUT2D eigenvalue weighted by Crippen LogP contribution is 2.26. The first kappa shape index (κ1) is 12.1. The van der Waals surface area contributed by atoms with Crippen LogP contribution in [0.15, 0.2) is 18.2 Å². The van der Waals surface area contributed by atoms with Gasteiger partial charge >= 0.3 is 0 Å². The molecule has 0 bridgehead atoms. The minimum atomic E-state index is 0.319. The fourth-order valence-electron chi connectivity index (χ4n) is 2.26. The van der Waals surface area contributed by atoms with Gasteiger partial charge in [0.25, 0.3) is 0 Å². The number of pyridine rings is 1. The van der Waals surface area contributed by atoms with E-state index in [1.165, 1.54) is 22.1 Å². The minimum Gasteiger partial charge on any atom is -0.330 e. The van der Waals surface area contributed by atoms with E-state index in [9.17, 15) is 0 Å². The van der Waals surface area contributed by atoms with Gasteiger partial charge in [-0.25, -0.2) is 0 Å². The van der Waals surface area contributed by atoms with Crippen LogP contribution in [0.2, 0.25) is 0 Å². The second-order valence-electron chi connectivity index (χ2n) is 4.92. The molecule has 2 heteroatoms. The largest absolute Gasteiger partial charge is 0.330 e. The van der Waals surface area contributed by atoms with Gasteiger partial charge in [0.1, 0.15) is 0 Å². The van der Waals surface area contributed by atoms with Crippen molar-refractivity contribution in [2.75, 3.05) is 6.54 Å². The Balaban J connectivity index is 2.75. The van der Waals surface area contributed by atoms with Crippen molar-refractivity contribution < 1.29 is 0 Å². The number of aromatic nitrogens is 1. The SMILES string of the molecule is Cc1cc2c(C)ccc(C)c2nc1C(C)CN. The highest BCUT2D eigenvalue weighted by molar-refractivity contribution is 5.85. The molecule has 0 saturated carbocycles. The van der Waals surface area contributed by atoms with Crippen LogP contribution in [-0.4, -0.2) is 11.5 Å². The van der Waals surface area contributed by atoms with Crippen molar-refractivity contribution in [1.29, 1.82) is 0 Å². The lowest BCUT2D eigenvalue weighted by atomic mass is 9.98. The normalized spacial score (nSPS) is 13.0. The molecule has 2 N–H and O–H groups in total. The van der Waals surface area contributed by atoms with Crippen molar-refractivity contribution in [2.45, 2.75) is 33.6 Å². The molecule has 0 aliphatic heterocycles. The van der Waals surface area contributed by atoms with Gasteiger partial charge in [0, 0.05) is 23.5 Å². The first-order chi connectivity index (χ1) is 8.04. The van der Waals surface area contributed by atoms with E-state index in [0.29, 0.717) is 12.5 Å². The first-order valence-electron chi connectivity index (χ1n) is 6.12. The lowest BCUT2D eigenvalue weighted by Crippen LogP contribution is -2.12. The van der Waals surface area contributed by atoms with E-state index in [-0.39, 0.29) is 0 Å². The fraction of sp³-hybridized carbons (Fsp3) is 0.400. The average Bonchev–Trinajstić information content (AvgIpc) is 2.32. The summed E-state index contributed by atoms with van der Waals surface area (Å²) in [6.45, 7) is 9.14. The van der Waals surface area contributed by atoms with Crippen LogP contribution >= 0.6 is 0 Å². The highest BCUT2D eigenvalue weighted by atomic mass is 14.7. The molecule has 1 unspecified atom stereocenters. The summed E-state index contributed by atoms with van der Waals surface area (Å²) in [4.78, 5) is 4.83. The third-order valence-corrected chi connectivity index (χ3v) is 3.45. The number of nitrogens with two attached hydrogens (primary N) is 1. The molecule has 0 radical (unpaired) electrons. The summed E-state index contributed by atoms with van der Waals surface area (Å²) in [7, 11) is 0. The van der Waals surface area contributed by atoms with Crippen LogP contribution in [-0.2, 0) is 0 Å². The summed E-state index contributed by atoms with van der Waals surface area (Å²) < 4.78 is 0. The van der Waals surface area contributed by atoms with E-state index in [1.807, 2.05) is 0 Å². The summed E-state index contributed by atoms with van der Waals surface area (Å²) in [5.41, 5.74) is 11.8. The number of nitrogens with zero attached hydrogens (tertiary/aromatic N) is 1. The zero-order chi connectivity index (χ0) is 12.6. The van der Waals surface area contributed by atoms with Crippen molar-refractivity contribution in [3.05, 3.63) is 40.6 Å². The van der Waals surface area contributed by atoms with Crippen LogP contribution in [0.1, 0.15) is 35.2 Å². The van der Waals surface area contributed by atoms with Gasteiger partial charge in [-0.1, -0.05) is 19.1 Å². The van der Waals surface area contributed by atoms with Gasteiger partial charge in [0.05, 0.1) is 5.52 Å². The molecular formula is C15H20N2. The Morgan fingerprint density at radius 2 is 1.76 bits per heavy atom. The molecule has 2 aromatic rings. The third-order valence-electron chi connectivity index (χ3n) is 3.45. The summed E-state index contributed by atoms with van der Waals surface area (Å²) in [5, 5.41) is 1.26. The summed E-state index contributed by atoms with van der Waals surface area (Å²) in [6, 6.07) is 6.54. The quantitative estimate of drug-likeness (QED) is 0.857. The van der Waals surface area contributed by atoms with E-state index in [0.717, 1.165) is 11.2 Å². The van der Waals surface area contributed by atoms with Crippen LogP contribution in [0.3, 0.4) is 0 Å². The van der Waals surface area contributed by atoms with Crippen molar-refractivity contribution >= 4 is 10.9 Å². The molecule has 0 saturated heterocycles. The van der Waals surface area contributed by atoms with Crippen LogP contribution in [0.25, 0.3) is 10.9 Å². The Kier molecular flexibility index (Phi) is 3.16. The Hall–Kier alpha value is -1.41. The van der Waals surface area contributed by atoms with Gasteiger partial charge in [-0.3, -0.25) is 4.98 Å². The lowest BCUT2D eigenvalue weighted by Gasteiger charge is -2.14. The Labute approximate surface area is 103 Å². The van der Waals surface area contributed by atoms with E-state index in [1.54, 1.807) is 0 Å². The van der Waals surface area contributed by atoms with Crippen molar-refractivity contribution in [2.24, 2.45) is 5.73 Å². The Bertz CT molecular complexity index is 558. The van der Waals surface area contributed by atoms with E-state index >= 15 is 0 Å². The van der Waals surface area contributed by atoms with Crippen LogP contribution in [0.5, 0.6) is 0 Å². The van der Waals surface area contributed by atoms with E-state index in [4.69, 9.17) is 10.7 Å². The molecule has 17 heavy (non-hydrogen) atoms. The second kappa shape index (κ2) is 4.46. The Morgan fingerprint density at radius 3 is 2.41 bits per heavy atom. The molecule has 0 aliphatic carbocycles. The molecule has 2 rings (SSSR count). The van der Waals surface area contributed by atoms with Crippen molar-refractivity contribution in [3.63, 3.8) is 0 Å². The van der Waals surface area contributed by atoms with Crippen LogP contribution in [0.4, 0.5) is 0 Å². The van der Waals surface area contributed by atoms with Crippen LogP contribution < -0.4 is 5.73 Å². The average molecular weight is 228 g/mol. The maximum Gasteiger partial charge on any atom is 0.0737 e. The topological polar surface area (TPSA) is 38.9 Å². The molecule has 1 aromatic carbocycles. The standard InChI is InChI=1S/C15H20N2/c1-9-5-6-10(2)15-13(9)7-11(3)14(17-15)12(4)8-16/h5-7,12H,8,16H2,1-4H3. The maximum atomic E-state index is 5.74. The van der Waals surface area contributed by atoms with Gasteiger partial charge in [0.15, 0.2) is 0 Å². The van der Waals surface area contributed by atoms with E-state index in [2.05, 4.69) is 45.9 Å². The summed E-state index contributed by atoms with van der Waals surface area (Å²) >= 11 is 0. The Morgan fingerprint density at radius 1 is 1.12 bits per heavy atom. The molecule has 0 fully saturated rings. The van der Waals surface area contributed by atoms with E-state index < -0.39 is 0 Å². The third kappa shape index (κ3) is 2.05. The monoisotopic (exact) mass is 228 g/mol. The minimum absolute atomic E-state index is 0.319. The van der Waals surface area contributed by atoms with Gasteiger partial charge in [-0.05, 0) is 43.5 Å². The van der Waals surface area contributed by atoms with Gasteiger partial charge in [-0.15, -0.1) is 0 Å². The maximum absolute atomic E-state index is 5.74. The number of hydrogen-bond acceptors (Lipinski definition) is 2. The molecule has 1 aromatic heterocycles. The smallest absolute Gasteiger partial charge is 0.0737 e. The van der Waals surface area contributed by atoms with Gasteiger partial charge in [0.2, 0.25) is 0 Å². The van der Waals surface area contributed by atoms with Crippen LogP contribution in [0, 0.1) is 20.8 Å². The number of rotatable bonds is 2. The zero-order valence-corrected chi connectivity index (χ0v) is 11.0. The van der Waals surface area contributed by atoms with Crippen molar-refractivity contribution in [1.82, 2.24) is 4.98 Å². The fourth-order valence-corrected chi connectivity index (χ4v) is 2.26. The number of hydrogen-bond donors (Lipinski definition) is 1. The second-order valence-corrected chi connectivity index (χ2v) is 4.92. The molecule has 1 atom stereocenters. The van der Waals surface area contributed by atoms with Gasteiger partial charge in [-0.2, -0.15) is 0 Å². The lowest BCUT2D eigenvalue weighted by molar-refractivity contribution is 0.742. The molecule has 0 aliphatic rings. The molecule has 2 nitrogen and oxygen atoms in total. The molecule has 0 spiro atoms. The molecular weight excluding hydrogens is 208 g/mol. The molecule has 1 heterocycles. The predicted molar refractivity (Wildman–Crippen MR) is 73.4 cm³/mol. The summed E-state index contributed by atoms with van der Waals surface area (Å²) in [6.07, 6.45) is 0. The molecule has 0 amide bonds. The van der Waals surface area contributed by atoms with Crippen molar-refractivity contribution in [3.8, 4) is 0 Å². The molecule has 90 valence electrons. The highest BCUT2D eigenvalue weighted by Gasteiger charge is 2.11. The zero-order valence-electron chi connectivity index (χ0n) is 11.0. The number of aryl methyl sites for hydroxylation is 3. The number of benzene rings is 1. The predicted octanol–water partition coefficient (Wildman–Crippen LogP) is 3.22. The number of fused-ring (bicyclic) bond motifs is 1. The first-order valence-corrected chi connectivity index (χ1v) is 6.12.